The molecule has 1 aromatic carbocycles. The fourth-order valence-corrected chi connectivity index (χ4v) is 2.76. The molecule has 106 valence electrons. The van der Waals surface area contributed by atoms with E-state index in [-0.39, 0.29) is 12.3 Å². The third kappa shape index (κ3) is 4.01. The van der Waals surface area contributed by atoms with Gasteiger partial charge in [0, 0.05) is 11.9 Å². The first kappa shape index (κ1) is 14.4. The molecule has 0 bridgehead atoms. The molecule has 6 nitrogen and oxygen atoms in total. The first-order valence-electron chi connectivity index (χ1n) is 6.04. The van der Waals surface area contributed by atoms with Gasteiger partial charge in [0.15, 0.2) is 0 Å². The van der Waals surface area contributed by atoms with Crippen LogP contribution >= 0.6 is 0 Å². The van der Waals surface area contributed by atoms with Gasteiger partial charge in [0.2, 0.25) is 10.0 Å². The van der Waals surface area contributed by atoms with Crippen LogP contribution in [0.15, 0.2) is 36.7 Å². The van der Waals surface area contributed by atoms with Crippen molar-refractivity contribution in [2.75, 3.05) is 5.73 Å². The molecule has 3 N–H and O–H groups in total. The molecule has 0 radical (unpaired) electrons. The van der Waals surface area contributed by atoms with E-state index in [1.807, 2.05) is 6.92 Å². The molecule has 0 aliphatic carbocycles. The van der Waals surface area contributed by atoms with Crippen LogP contribution in [0.25, 0.3) is 0 Å². The molecule has 0 saturated carbocycles. The van der Waals surface area contributed by atoms with Crippen LogP contribution in [0, 0.1) is 6.92 Å². The van der Waals surface area contributed by atoms with E-state index < -0.39 is 10.0 Å². The van der Waals surface area contributed by atoms with E-state index >= 15 is 0 Å². The lowest BCUT2D eigenvalue weighted by molar-refractivity contribution is 0.579. The molecule has 0 unspecified atom stereocenters. The molecule has 2 rings (SSSR count). The van der Waals surface area contributed by atoms with Gasteiger partial charge in [-0.05, 0) is 18.6 Å². The second kappa shape index (κ2) is 5.98. The molecular weight excluding hydrogens is 276 g/mol. The van der Waals surface area contributed by atoms with Crippen LogP contribution < -0.4 is 10.5 Å². The van der Waals surface area contributed by atoms with Gasteiger partial charge >= 0.3 is 0 Å². The molecule has 1 heterocycles. The zero-order chi connectivity index (χ0) is 14.6. The van der Waals surface area contributed by atoms with Crippen LogP contribution in [0.5, 0.6) is 0 Å². The van der Waals surface area contributed by atoms with Crippen molar-refractivity contribution in [3.05, 3.63) is 53.6 Å². The van der Waals surface area contributed by atoms with Crippen molar-refractivity contribution in [3.63, 3.8) is 0 Å². The lowest BCUT2D eigenvalue weighted by Gasteiger charge is -2.08. The Morgan fingerprint density at radius 3 is 2.60 bits per heavy atom. The molecule has 20 heavy (non-hydrogen) atoms. The molecular formula is C13H16N4O2S. The van der Waals surface area contributed by atoms with Crippen LogP contribution in [-0.4, -0.2) is 18.4 Å². The summed E-state index contributed by atoms with van der Waals surface area (Å²) in [6.45, 7) is 1.93. The Bertz CT molecular complexity index is 684. The highest BCUT2D eigenvalue weighted by molar-refractivity contribution is 7.88. The Morgan fingerprint density at radius 1 is 1.20 bits per heavy atom. The van der Waals surface area contributed by atoms with Crippen LogP contribution in [0.2, 0.25) is 0 Å². The number of hydrogen-bond donors (Lipinski definition) is 2. The number of nitrogens with one attached hydrogen (secondary N) is 1. The van der Waals surface area contributed by atoms with Gasteiger partial charge in [-0.25, -0.2) is 13.1 Å². The minimum absolute atomic E-state index is 0.113. The third-order valence-electron chi connectivity index (χ3n) is 2.71. The van der Waals surface area contributed by atoms with E-state index in [0.29, 0.717) is 16.9 Å². The van der Waals surface area contributed by atoms with E-state index in [2.05, 4.69) is 14.7 Å². The Balaban J connectivity index is 2.01. The normalized spacial score (nSPS) is 11.4. The lowest BCUT2D eigenvalue weighted by atomic mass is 10.2. The number of benzene rings is 1. The summed E-state index contributed by atoms with van der Waals surface area (Å²) in [6.07, 6.45) is 3.15. The Morgan fingerprint density at radius 2 is 1.95 bits per heavy atom. The molecule has 0 saturated heterocycles. The molecule has 0 atom stereocenters. The number of para-hydroxylation sites is 1. The summed E-state index contributed by atoms with van der Waals surface area (Å²) in [5.74, 6) is -0.154. The van der Waals surface area contributed by atoms with Crippen LogP contribution in [0.1, 0.15) is 17.0 Å². The van der Waals surface area contributed by atoms with Gasteiger partial charge in [-0.15, -0.1) is 0 Å². The monoisotopic (exact) mass is 292 g/mol. The molecule has 7 heteroatoms. The van der Waals surface area contributed by atoms with E-state index in [9.17, 15) is 8.42 Å². The quantitative estimate of drug-likeness (QED) is 0.801. The highest BCUT2D eigenvalue weighted by Gasteiger charge is 2.13. The predicted molar refractivity (Wildman–Crippen MR) is 77.1 cm³/mol. The number of nitrogens with zero attached hydrogens (tertiary/aromatic N) is 2. The maximum Gasteiger partial charge on any atom is 0.216 e. The lowest BCUT2D eigenvalue weighted by Crippen LogP contribution is -2.25. The van der Waals surface area contributed by atoms with Crippen molar-refractivity contribution in [1.82, 2.24) is 14.7 Å². The zero-order valence-corrected chi connectivity index (χ0v) is 11.9. The maximum absolute atomic E-state index is 12.0. The van der Waals surface area contributed by atoms with Gasteiger partial charge in [-0.3, -0.25) is 9.97 Å². The van der Waals surface area contributed by atoms with E-state index in [0.717, 1.165) is 5.69 Å². The molecule has 0 amide bonds. The number of rotatable bonds is 5. The number of aromatic nitrogens is 2. The van der Waals surface area contributed by atoms with Gasteiger partial charge < -0.3 is 5.73 Å². The molecule has 0 aliphatic rings. The summed E-state index contributed by atoms with van der Waals surface area (Å²) in [5.41, 5.74) is 8.14. The summed E-state index contributed by atoms with van der Waals surface area (Å²) in [4.78, 5) is 8.15. The first-order chi connectivity index (χ1) is 9.46. The van der Waals surface area contributed by atoms with Crippen molar-refractivity contribution < 1.29 is 8.42 Å². The Hall–Kier alpha value is -1.99. The molecule has 2 aromatic rings. The standard InChI is InChI=1S/C13H16N4O2S/c1-10-6-16-12(7-15-10)8-17-20(18,19)9-11-4-2-3-5-13(11)14/h2-7,17H,8-9,14H2,1H3. The van der Waals surface area contributed by atoms with Crippen LogP contribution in [-0.2, 0) is 22.3 Å². The van der Waals surface area contributed by atoms with E-state index in [4.69, 9.17) is 5.73 Å². The highest BCUT2D eigenvalue weighted by atomic mass is 32.2. The average molecular weight is 292 g/mol. The van der Waals surface area contributed by atoms with Crippen molar-refractivity contribution in [3.8, 4) is 0 Å². The first-order valence-corrected chi connectivity index (χ1v) is 7.70. The topological polar surface area (TPSA) is 98.0 Å². The number of hydrogen-bond acceptors (Lipinski definition) is 5. The third-order valence-corrected chi connectivity index (χ3v) is 3.98. The van der Waals surface area contributed by atoms with E-state index in [1.165, 1.54) is 0 Å². The summed E-state index contributed by atoms with van der Waals surface area (Å²) in [7, 11) is -3.46. The second-order valence-corrected chi connectivity index (χ2v) is 6.23. The molecule has 0 aliphatic heterocycles. The molecule has 0 spiro atoms. The number of nitrogens with two attached hydrogens (primary N) is 1. The Labute approximate surface area is 118 Å². The predicted octanol–water partition coefficient (Wildman–Crippen LogP) is 0.987. The van der Waals surface area contributed by atoms with Crippen LogP contribution in [0.3, 0.4) is 0 Å². The SMILES string of the molecule is Cc1cnc(CNS(=O)(=O)Cc2ccccc2N)cn1. The smallest absolute Gasteiger partial charge is 0.216 e. The second-order valence-electron chi connectivity index (χ2n) is 4.43. The Kier molecular flexibility index (Phi) is 4.31. The van der Waals surface area contributed by atoms with Crippen molar-refractivity contribution in [2.24, 2.45) is 0 Å². The van der Waals surface area contributed by atoms with Crippen molar-refractivity contribution in [2.45, 2.75) is 19.2 Å². The van der Waals surface area contributed by atoms with Crippen molar-refractivity contribution in [1.29, 1.82) is 0 Å². The van der Waals surface area contributed by atoms with Crippen molar-refractivity contribution >= 4 is 15.7 Å². The zero-order valence-electron chi connectivity index (χ0n) is 11.1. The summed E-state index contributed by atoms with van der Waals surface area (Å²) in [5, 5.41) is 0. The minimum atomic E-state index is -3.46. The average Bonchev–Trinajstić information content (AvgIpc) is 2.41. The minimum Gasteiger partial charge on any atom is -0.398 e. The molecule has 1 aromatic heterocycles. The van der Waals surface area contributed by atoms with Gasteiger partial charge in [-0.1, -0.05) is 18.2 Å². The fraction of sp³-hybridized carbons (Fsp3) is 0.231. The summed E-state index contributed by atoms with van der Waals surface area (Å²) < 4.78 is 26.4. The fourth-order valence-electron chi connectivity index (χ4n) is 1.62. The van der Waals surface area contributed by atoms with Gasteiger partial charge in [-0.2, -0.15) is 0 Å². The van der Waals surface area contributed by atoms with E-state index in [1.54, 1.807) is 36.7 Å². The summed E-state index contributed by atoms with van der Waals surface area (Å²) in [6, 6.07) is 6.89. The van der Waals surface area contributed by atoms with Gasteiger partial charge in [0.1, 0.15) is 0 Å². The number of nitrogen functional groups attached to an aromatic ring is 1. The maximum atomic E-state index is 12.0. The van der Waals surface area contributed by atoms with Crippen LogP contribution in [0.4, 0.5) is 5.69 Å². The van der Waals surface area contributed by atoms with Gasteiger partial charge in [0.25, 0.3) is 0 Å². The number of sulfonamides is 1. The highest BCUT2D eigenvalue weighted by Crippen LogP contribution is 2.13. The largest absolute Gasteiger partial charge is 0.398 e. The number of anilines is 1. The van der Waals surface area contributed by atoms with Gasteiger partial charge in [0.05, 0.1) is 29.9 Å². The summed E-state index contributed by atoms with van der Waals surface area (Å²) >= 11 is 0. The molecule has 0 fully saturated rings. The number of aryl methyl sites for hydroxylation is 1.